The van der Waals surface area contributed by atoms with E-state index in [1.807, 2.05) is 30.3 Å². The molecule has 0 amide bonds. The third kappa shape index (κ3) is 4.27. The van der Waals surface area contributed by atoms with Crippen molar-refractivity contribution in [2.75, 3.05) is 7.11 Å². The van der Waals surface area contributed by atoms with E-state index < -0.39 is 4.92 Å². The third-order valence-electron chi connectivity index (χ3n) is 3.02. The molecule has 0 radical (unpaired) electrons. The van der Waals surface area contributed by atoms with Crippen molar-refractivity contribution in [3.63, 3.8) is 0 Å². The number of halogens is 1. The van der Waals surface area contributed by atoms with Crippen molar-refractivity contribution in [1.82, 2.24) is 5.32 Å². The summed E-state index contributed by atoms with van der Waals surface area (Å²) in [5.41, 5.74) is 2.08. The van der Waals surface area contributed by atoms with Crippen molar-refractivity contribution in [2.24, 2.45) is 0 Å². The maximum Gasteiger partial charge on any atom is 0.283 e. The first-order valence-electron chi connectivity index (χ1n) is 6.36. The van der Waals surface area contributed by atoms with Gasteiger partial charge in [0.05, 0.1) is 16.5 Å². The molecule has 5 nitrogen and oxygen atoms in total. The Balaban J connectivity index is 1.93. The molecule has 6 heteroatoms. The molecular formula is C15H15BrN2O3. The predicted molar refractivity (Wildman–Crippen MR) is 84.3 cm³/mol. The maximum atomic E-state index is 10.9. The molecule has 21 heavy (non-hydrogen) atoms. The lowest BCUT2D eigenvalue weighted by molar-refractivity contribution is -0.385. The van der Waals surface area contributed by atoms with E-state index in [0.717, 1.165) is 16.9 Å². The van der Waals surface area contributed by atoms with Crippen LogP contribution in [0.25, 0.3) is 0 Å². The van der Waals surface area contributed by atoms with E-state index >= 15 is 0 Å². The summed E-state index contributed by atoms with van der Waals surface area (Å²) >= 11 is 3.18. The Morgan fingerprint density at radius 2 is 1.76 bits per heavy atom. The summed E-state index contributed by atoms with van der Waals surface area (Å²) in [6.45, 7) is 1.26. The lowest BCUT2D eigenvalue weighted by atomic mass is 10.2. The molecule has 0 fully saturated rings. The van der Waals surface area contributed by atoms with E-state index in [-0.39, 0.29) is 5.69 Å². The van der Waals surface area contributed by atoms with Crippen molar-refractivity contribution in [1.29, 1.82) is 0 Å². The van der Waals surface area contributed by atoms with Crippen molar-refractivity contribution in [2.45, 2.75) is 13.1 Å². The van der Waals surface area contributed by atoms with Crippen LogP contribution in [-0.2, 0) is 13.1 Å². The highest BCUT2D eigenvalue weighted by Gasteiger charge is 2.11. The third-order valence-corrected chi connectivity index (χ3v) is 3.70. The minimum atomic E-state index is -0.392. The average molecular weight is 351 g/mol. The van der Waals surface area contributed by atoms with Gasteiger partial charge in [0.1, 0.15) is 5.75 Å². The Labute approximate surface area is 131 Å². The van der Waals surface area contributed by atoms with Crippen LogP contribution in [0, 0.1) is 10.1 Å². The Morgan fingerprint density at radius 1 is 1.14 bits per heavy atom. The summed E-state index contributed by atoms with van der Waals surface area (Å²) in [4.78, 5) is 10.5. The molecule has 0 saturated heterocycles. The largest absolute Gasteiger partial charge is 0.497 e. The number of nitrogens with one attached hydrogen (secondary N) is 1. The molecule has 110 valence electrons. The molecule has 1 N–H and O–H groups in total. The van der Waals surface area contributed by atoms with E-state index in [2.05, 4.69) is 21.2 Å². The lowest BCUT2D eigenvalue weighted by Gasteiger charge is -2.07. The maximum absolute atomic E-state index is 10.9. The second-order valence-electron chi connectivity index (χ2n) is 4.49. The minimum Gasteiger partial charge on any atom is -0.497 e. The van der Waals surface area contributed by atoms with E-state index in [1.54, 1.807) is 19.2 Å². The van der Waals surface area contributed by atoms with Gasteiger partial charge >= 0.3 is 0 Å². The first-order valence-corrected chi connectivity index (χ1v) is 7.16. The zero-order valence-electron chi connectivity index (χ0n) is 11.5. The molecule has 0 aliphatic carbocycles. The fraction of sp³-hybridized carbons (Fsp3) is 0.200. The predicted octanol–water partition coefficient (Wildman–Crippen LogP) is 3.66. The number of nitro groups is 1. The molecule has 0 heterocycles. The molecule has 0 saturated carbocycles. The lowest BCUT2D eigenvalue weighted by Crippen LogP contribution is -2.12. The highest BCUT2D eigenvalue weighted by Crippen LogP contribution is 2.25. The zero-order valence-corrected chi connectivity index (χ0v) is 13.1. The van der Waals surface area contributed by atoms with Gasteiger partial charge in [0, 0.05) is 19.2 Å². The quantitative estimate of drug-likeness (QED) is 0.637. The Hall–Kier alpha value is -1.92. The zero-order chi connectivity index (χ0) is 15.2. The van der Waals surface area contributed by atoms with Gasteiger partial charge in [0.25, 0.3) is 5.69 Å². The van der Waals surface area contributed by atoms with Crippen LogP contribution in [0.2, 0.25) is 0 Å². The highest BCUT2D eigenvalue weighted by molar-refractivity contribution is 9.10. The van der Waals surface area contributed by atoms with Gasteiger partial charge in [0.15, 0.2) is 0 Å². The van der Waals surface area contributed by atoms with Crippen LogP contribution in [0.1, 0.15) is 11.1 Å². The van der Waals surface area contributed by atoms with Crippen molar-refractivity contribution in [3.8, 4) is 5.75 Å². The van der Waals surface area contributed by atoms with Gasteiger partial charge in [-0.1, -0.05) is 18.2 Å². The number of hydrogen-bond donors (Lipinski definition) is 1. The van der Waals surface area contributed by atoms with Crippen LogP contribution in [-0.4, -0.2) is 12.0 Å². The average Bonchev–Trinajstić information content (AvgIpc) is 2.49. The summed E-state index contributed by atoms with van der Waals surface area (Å²) < 4.78 is 5.59. The molecule has 0 spiro atoms. The number of nitrogens with zero attached hydrogens (tertiary/aromatic N) is 1. The summed E-state index contributed by atoms with van der Waals surface area (Å²) in [5, 5.41) is 14.1. The molecule has 0 bridgehead atoms. The van der Waals surface area contributed by atoms with E-state index in [1.165, 1.54) is 0 Å². The van der Waals surface area contributed by atoms with Crippen LogP contribution in [0.3, 0.4) is 0 Å². The first kappa shape index (κ1) is 15.5. The first-order chi connectivity index (χ1) is 10.1. The van der Waals surface area contributed by atoms with Gasteiger partial charge in [-0.25, -0.2) is 0 Å². The molecular weight excluding hydrogens is 336 g/mol. The fourth-order valence-corrected chi connectivity index (χ4v) is 2.29. The van der Waals surface area contributed by atoms with Gasteiger partial charge in [0.2, 0.25) is 0 Å². The SMILES string of the molecule is COc1ccc(CNCc2ccc(Br)c([N+](=O)[O-])c2)cc1. The van der Waals surface area contributed by atoms with Crippen LogP contribution in [0.15, 0.2) is 46.9 Å². The monoisotopic (exact) mass is 350 g/mol. The Kier molecular flexibility index (Phi) is 5.30. The van der Waals surface area contributed by atoms with Gasteiger partial charge < -0.3 is 10.1 Å². The van der Waals surface area contributed by atoms with E-state index in [9.17, 15) is 10.1 Å². The van der Waals surface area contributed by atoms with Crippen molar-refractivity contribution >= 4 is 21.6 Å². The summed E-state index contributed by atoms with van der Waals surface area (Å²) in [7, 11) is 1.63. The molecule has 0 aliphatic heterocycles. The standard InChI is InChI=1S/C15H15BrN2O3/c1-21-13-5-2-11(3-6-13)9-17-10-12-4-7-14(16)15(8-12)18(19)20/h2-8,17H,9-10H2,1H3. The Bertz CT molecular complexity index is 629. The minimum absolute atomic E-state index is 0.0822. The second-order valence-corrected chi connectivity index (χ2v) is 5.35. The van der Waals surface area contributed by atoms with Crippen LogP contribution in [0.5, 0.6) is 5.75 Å². The van der Waals surface area contributed by atoms with Crippen molar-refractivity contribution < 1.29 is 9.66 Å². The van der Waals surface area contributed by atoms with Crippen LogP contribution in [0.4, 0.5) is 5.69 Å². The Morgan fingerprint density at radius 3 is 2.38 bits per heavy atom. The summed E-state index contributed by atoms with van der Waals surface area (Å²) in [6, 6.07) is 12.9. The number of nitro benzene ring substituents is 1. The molecule has 0 aliphatic rings. The summed E-state index contributed by atoms with van der Waals surface area (Å²) in [6.07, 6.45) is 0. The van der Waals surface area contributed by atoms with Crippen molar-refractivity contribution in [3.05, 3.63) is 68.2 Å². The number of benzene rings is 2. The van der Waals surface area contributed by atoms with Gasteiger partial charge in [-0.2, -0.15) is 0 Å². The number of methoxy groups -OCH3 is 1. The molecule has 0 aromatic heterocycles. The molecule has 2 rings (SSSR count). The second kappa shape index (κ2) is 7.19. The van der Waals surface area contributed by atoms with Gasteiger partial charge in [-0.05, 0) is 45.3 Å². The van der Waals surface area contributed by atoms with Gasteiger partial charge in [-0.3, -0.25) is 10.1 Å². The van der Waals surface area contributed by atoms with Crippen LogP contribution < -0.4 is 10.1 Å². The molecule has 0 atom stereocenters. The number of rotatable bonds is 6. The topological polar surface area (TPSA) is 64.4 Å². The normalized spacial score (nSPS) is 10.4. The van der Waals surface area contributed by atoms with Crippen LogP contribution >= 0.6 is 15.9 Å². The van der Waals surface area contributed by atoms with E-state index in [0.29, 0.717) is 17.6 Å². The number of hydrogen-bond acceptors (Lipinski definition) is 4. The smallest absolute Gasteiger partial charge is 0.283 e. The summed E-state index contributed by atoms with van der Waals surface area (Å²) in [5.74, 6) is 0.822. The molecule has 2 aromatic rings. The molecule has 2 aromatic carbocycles. The highest BCUT2D eigenvalue weighted by atomic mass is 79.9. The fourth-order valence-electron chi connectivity index (χ4n) is 1.90. The van der Waals surface area contributed by atoms with Gasteiger partial charge in [-0.15, -0.1) is 0 Å². The number of ether oxygens (including phenoxy) is 1. The van der Waals surface area contributed by atoms with E-state index in [4.69, 9.17) is 4.74 Å². The molecule has 0 unspecified atom stereocenters.